The Labute approximate surface area is 236 Å². The molecule has 0 unspecified atom stereocenters. The second-order valence-electron chi connectivity index (χ2n) is 10.8. The molecule has 0 saturated heterocycles. The Balaban J connectivity index is 1.52. The number of fused-ring (bicyclic) bond motifs is 1. The number of anilines is 1. The van der Waals surface area contributed by atoms with Crippen LogP contribution in [-0.4, -0.2) is 65.8 Å². The van der Waals surface area contributed by atoms with E-state index in [9.17, 15) is 9.59 Å². The molecule has 0 bridgehead atoms. The molecule has 0 radical (unpaired) electrons. The number of aromatic nitrogens is 2. The first-order chi connectivity index (χ1) is 19.1. The summed E-state index contributed by atoms with van der Waals surface area (Å²) in [6.07, 6.45) is 1.96. The highest BCUT2D eigenvalue weighted by Crippen LogP contribution is 2.29. The van der Waals surface area contributed by atoms with Crippen LogP contribution in [0.5, 0.6) is 5.75 Å². The van der Waals surface area contributed by atoms with Crippen LogP contribution in [-0.2, 0) is 22.7 Å². The van der Waals surface area contributed by atoms with E-state index in [1.54, 1.807) is 26.1 Å². The van der Waals surface area contributed by atoms with Crippen LogP contribution >= 0.6 is 0 Å². The molecule has 0 aliphatic carbocycles. The summed E-state index contributed by atoms with van der Waals surface area (Å²) in [6.45, 7) is 9.96. The van der Waals surface area contributed by atoms with Crippen LogP contribution in [0.3, 0.4) is 0 Å². The van der Waals surface area contributed by atoms with Gasteiger partial charge in [0.05, 0.1) is 20.2 Å². The van der Waals surface area contributed by atoms with Crippen molar-refractivity contribution < 1.29 is 18.8 Å². The van der Waals surface area contributed by atoms with E-state index in [-0.39, 0.29) is 24.9 Å². The molecule has 40 heavy (non-hydrogen) atoms. The molecule has 1 aliphatic rings. The van der Waals surface area contributed by atoms with Gasteiger partial charge in [0, 0.05) is 44.9 Å². The van der Waals surface area contributed by atoms with E-state index < -0.39 is 0 Å². The van der Waals surface area contributed by atoms with Gasteiger partial charge in [0.25, 0.3) is 5.91 Å². The Morgan fingerprint density at radius 3 is 2.58 bits per heavy atom. The van der Waals surface area contributed by atoms with Crippen molar-refractivity contribution in [3.63, 3.8) is 0 Å². The molecule has 10 nitrogen and oxygen atoms in total. The number of hydrogen-bond acceptors (Lipinski definition) is 8. The fourth-order valence-corrected chi connectivity index (χ4v) is 4.81. The Bertz CT molecular complexity index is 1340. The van der Waals surface area contributed by atoms with Crippen molar-refractivity contribution in [3.8, 4) is 17.1 Å². The highest BCUT2D eigenvalue weighted by atomic mass is 16.5. The van der Waals surface area contributed by atoms with Crippen LogP contribution in [0.25, 0.3) is 11.4 Å². The number of hydrazine groups is 1. The van der Waals surface area contributed by atoms with Gasteiger partial charge in [-0.25, -0.2) is 5.01 Å². The molecule has 1 N–H and O–H groups in total. The van der Waals surface area contributed by atoms with Crippen LogP contribution in [0, 0.1) is 19.8 Å². The summed E-state index contributed by atoms with van der Waals surface area (Å²) < 4.78 is 10.5. The lowest BCUT2D eigenvalue weighted by molar-refractivity contribution is -0.145. The lowest BCUT2D eigenvalue weighted by atomic mass is 10.1. The third-order valence-electron chi connectivity index (χ3n) is 7.18. The number of nitrogens with one attached hydrogen (secondary N) is 1. The van der Waals surface area contributed by atoms with Gasteiger partial charge in [-0.1, -0.05) is 37.2 Å². The van der Waals surface area contributed by atoms with Gasteiger partial charge >= 0.3 is 0 Å². The third-order valence-corrected chi connectivity index (χ3v) is 7.18. The number of likely N-dealkylation sites (N-methyl/N-ethyl adjacent to an activating group) is 1. The molecule has 2 heterocycles. The average Bonchev–Trinajstić information content (AvgIpc) is 3.56. The third kappa shape index (κ3) is 7.18. The zero-order valence-electron chi connectivity index (χ0n) is 24.4. The normalized spacial score (nSPS) is 12.9. The maximum Gasteiger partial charge on any atom is 0.256 e. The minimum atomic E-state index is -0.125. The van der Waals surface area contributed by atoms with Crippen molar-refractivity contribution in [3.05, 3.63) is 59.0 Å². The second kappa shape index (κ2) is 13.0. The number of methoxy groups -OCH3 is 1. The lowest BCUT2D eigenvalue weighted by Crippen LogP contribution is -2.48. The molecule has 0 spiro atoms. The van der Waals surface area contributed by atoms with Gasteiger partial charge in [-0.2, -0.15) is 4.98 Å². The zero-order valence-corrected chi connectivity index (χ0v) is 24.4. The number of rotatable bonds is 12. The standard InChI is InChI=1S/C30H40N6O4/c1-20(2)8-7-13-31-28(37)18-35(27-15-23(10-9-21(27)3)30-32-22(4)40-33-30)19-29(38)34(5)36-16-24-11-12-26(39-6)14-25(24)17-36/h9-12,14-15,20H,7-8,13,16-19H2,1-6H3,(H,31,37). The molecule has 1 aromatic heterocycles. The minimum absolute atomic E-state index is 0.0294. The van der Waals surface area contributed by atoms with E-state index in [0.29, 0.717) is 37.3 Å². The van der Waals surface area contributed by atoms with Crippen molar-refractivity contribution in [1.29, 1.82) is 0 Å². The fraction of sp³-hybridized carbons (Fsp3) is 0.467. The molecule has 2 aromatic carbocycles. The molecular weight excluding hydrogens is 508 g/mol. The Hall–Kier alpha value is -3.92. The molecule has 0 saturated carbocycles. The molecule has 0 fully saturated rings. The molecule has 214 valence electrons. The first-order valence-corrected chi connectivity index (χ1v) is 13.7. The first-order valence-electron chi connectivity index (χ1n) is 13.7. The van der Waals surface area contributed by atoms with Gasteiger partial charge in [0.15, 0.2) is 0 Å². The largest absolute Gasteiger partial charge is 0.497 e. The van der Waals surface area contributed by atoms with E-state index in [2.05, 4.69) is 29.3 Å². The smallest absolute Gasteiger partial charge is 0.256 e. The van der Waals surface area contributed by atoms with Crippen LogP contribution in [0.4, 0.5) is 5.69 Å². The van der Waals surface area contributed by atoms with Crippen LogP contribution < -0.4 is 15.0 Å². The minimum Gasteiger partial charge on any atom is -0.497 e. The zero-order chi connectivity index (χ0) is 28.8. The van der Waals surface area contributed by atoms with Crippen molar-refractivity contribution in [2.45, 2.75) is 53.6 Å². The summed E-state index contributed by atoms with van der Waals surface area (Å²) in [6, 6.07) is 11.8. The topological polar surface area (TPSA) is 104 Å². The van der Waals surface area contributed by atoms with Gasteiger partial charge < -0.3 is 19.5 Å². The number of nitrogens with zero attached hydrogens (tertiary/aromatic N) is 5. The summed E-state index contributed by atoms with van der Waals surface area (Å²) in [5.74, 6) is 2.07. The number of carbonyl (C=O) groups excluding carboxylic acids is 2. The highest BCUT2D eigenvalue weighted by molar-refractivity contribution is 5.87. The predicted octanol–water partition coefficient (Wildman–Crippen LogP) is 4.11. The molecule has 10 heteroatoms. The Kier molecular flexibility index (Phi) is 9.42. The monoisotopic (exact) mass is 548 g/mol. The van der Waals surface area contributed by atoms with Gasteiger partial charge in [-0.15, -0.1) is 0 Å². The molecule has 3 aromatic rings. The van der Waals surface area contributed by atoms with E-state index in [4.69, 9.17) is 9.26 Å². The maximum atomic E-state index is 13.6. The summed E-state index contributed by atoms with van der Waals surface area (Å²) in [5.41, 5.74) is 4.76. The summed E-state index contributed by atoms with van der Waals surface area (Å²) in [7, 11) is 3.43. The Morgan fingerprint density at radius 2 is 1.88 bits per heavy atom. The van der Waals surface area contributed by atoms with Crippen molar-refractivity contribution in [2.24, 2.45) is 5.92 Å². The van der Waals surface area contributed by atoms with Gasteiger partial charge in [0.2, 0.25) is 17.6 Å². The number of benzene rings is 2. The van der Waals surface area contributed by atoms with E-state index >= 15 is 0 Å². The fourth-order valence-electron chi connectivity index (χ4n) is 4.81. The average molecular weight is 549 g/mol. The molecule has 0 atom stereocenters. The van der Waals surface area contributed by atoms with Crippen LogP contribution in [0.2, 0.25) is 0 Å². The number of hydrogen-bond donors (Lipinski definition) is 1. The highest BCUT2D eigenvalue weighted by Gasteiger charge is 2.27. The lowest BCUT2D eigenvalue weighted by Gasteiger charge is -2.32. The Morgan fingerprint density at radius 1 is 1.10 bits per heavy atom. The van der Waals surface area contributed by atoms with Crippen molar-refractivity contribution >= 4 is 17.5 Å². The van der Waals surface area contributed by atoms with Crippen LogP contribution in [0.1, 0.15) is 49.3 Å². The molecule has 2 amide bonds. The van der Waals surface area contributed by atoms with Gasteiger partial charge in [-0.05, 0) is 60.6 Å². The SMILES string of the molecule is COc1ccc2c(c1)CN(N(C)C(=O)CN(CC(=O)NCCCC(C)C)c1cc(-c3noc(C)n3)ccc1C)C2. The summed E-state index contributed by atoms with van der Waals surface area (Å²) in [4.78, 5) is 32.8. The van der Waals surface area contributed by atoms with Gasteiger partial charge in [0.1, 0.15) is 5.75 Å². The predicted molar refractivity (Wildman–Crippen MR) is 154 cm³/mol. The second-order valence-corrected chi connectivity index (χ2v) is 10.8. The van der Waals surface area contributed by atoms with Crippen molar-refractivity contribution in [2.75, 3.05) is 38.7 Å². The molecule has 4 rings (SSSR count). The summed E-state index contributed by atoms with van der Waals surface area (Å²) >= 11 is 0. The number of aryl methyl sites for hydroxylation is 2. The number of amides is 2. The summed E-state index contributed by atoms with van der Waals surface area (Å²) in [5, 5.41) is 10.7. The molecule has 1 aliphatic heterocycles. The molecular formula is C30H40N6O4. The number of ether oxygens (including phenoxy) is 1. The van der Waals surface area contributed by atoms with Crippen molar-refractivity contribution in [1.82, 2.24) is 25.5 Å². The van der Waals surface area contributed by atoms with E-state index in [1.807, 2.05) is 53.2 Å². The number of carbonyl (C=O) groups is 2. The quantitative estimate of drug-likeness (QED) is 0.337. The van der Waals surface area contributed by atoms with Crippen LogP contribution in [0.15, 0.2) is 40.9 Å². The van der Waals surface area contributed by atoms with Gasteiger partial charge in [-0.3, -0.25) is 14.6 Å². The van der Waals surface area contributed by atoms with E-state index in [0.717, 1.165) is 46.5 Å². The van der Waals surface area contributed by atoms with E-state index in [1.165, 1.54) is 0 Å². The first kappa shape index (κ1) is 29.1. The maximum absolute atomic E-state index is 13.6.